The van der Waals surface area contributed by atoms with Gasteiger partial charge in [-0.15, -0.1) is 0 Å². The van der Waals surface area contributed by atoms with Crippen LogP contribution in [0, 0.1) is 0 Å². The summed E-state index contributed by atoms with van der Waals surface area (Å²) in [6.07, 6.45) is 2.91. The summed E-state index contributed by atoms with van der Waals surface area (Å²) < 4.78 is 19.0. The van der Waals surface area contributed by atoms with Gasteiger partial charge in [0, 0.05) is 18.7 Å². The van der Waals surface area contributed by atoms with Crippen LogP contribution in [0.3, 0.4) is 0 Å². The molecule has 2 rings (SSSR count). The number of amidine groups is 1. The molecule has 2 aromatic carbocycles. The van der Waals surface area contributed by atoms with Crippen molar-refractivity contribution in [3.63, 3.8) is 0 Å². The van der Waals surface area contributed by atoms with E-state index in [1.54, 1.807) is 31.4 Å². The second-order valence-electron chi connectivity index (χ2n) is 10.5. The second-order valence-corrected chi connectivity index (χ2v) is 15.9. The molecule has 3 N–H and O–H groups in total. The first-order chi connectivity index (χ1) is 18.0. The van der Waals surface area contributed by atoms with E-state index in [9.17, 15) is 4.79 Å². The van der Waals surface area contributed by atoms with Crippen LogP contribution in [0.1, 0.15) is 64.4 Å². The second kappa shape index (κ2) is 14.7. The number of ether oxygens (including phenoxy) is 2. The van der Waals surface area contributed by atoms with Crippen LogP contribution < -0.4 is 20.5 Å². The number of carbonyl (C=O) groups excluding carboxylic acids is 1. The maximum Gasteiger partial charge on any atom is 0.279 e. The number of carbonyl (C=O) groups is 1. The van der Waals surface area contributed by atoms with Crippen molar-refractivity contribution >= 4 is 20.1 Å². The molecule has 0 saturated heterocycles. The van der Waals surface area contributed by atoms with E-state index in [1.165, 1.54) is 6.08 Å². The van der Waals surface area contributed by atoms with Gasteiger partial charge < -0.3 is 25.0 Å². The predicted octanol–water partition coefficient (Wildman–Crippen LogP) is 6.46. The fraction of sp³-hybridized carbons (Fsp3) is 0.467. The monoisotopic (exact) mass is 539 g/mol. The van der Waals surface area contributed by atoms with Crippen LogP contribution >= 0.6 is 0 Å². The lowest BCUT2D eigenvalue weighted by Crippen LogP contribution is -2.49. The van der Waals surface area contributed by atoms with Crippen LogP contribution in [0.4, 0.5) is 0 Å². The quantitative estimate of drug-likeness (QED) is 0.163. The zero-order valence-corrected chi connectivity index (χ0v) is 25.2. The van der Waals surface area contributed by atoms with Gasteiger partial charge in [0.2, 0.25) is 8.32 Å². The van der Waals surface area contributed by atoms with E-state index in [0.717, 1.165) is 5.56 Å². The predicted molar refractivity (Wildman–Crippen MR) is 158 cm³/mol. The average Bonchev–Trinajstić information content (AvgIpc) is 2.86. The van der Waals surface area contributed by atoms with Gasteiger partial charge in [-0.05, 0) is 53.5 Å². The maximum atomic E-state index is 12.9. The van der Waals surface area contributed by atoms with Gasteiger partial charge in [0.05, 0.1) is 6.61 Å². The van der Waals surface area contributed by atoms with Crippen molar-refractivity contribution in [3.05, 3.63) is 71.9 Å². The Morgan fingerprint density at radius 2 is 1.58 bits per heavy atom. The Labute approximate surface area is 229 Å². The molecule has 208 valence electrons. The number of nitrogens with two attached hydrogens (primary N) is 1. The number of nitrogens with zero attached hydrogens (tertiary/aromatic N) is 1. The number of hydrogen-bond acceptors (Lipinski definition) is 5. The lowest BCUT2D eigenvalue weighted by atomic mass is 10.2. The molecule has 0 bridgehead atoms. The summed E-state index contributed by atoms with van der Waals surface area (Å²) >= 11 is 0. The van der Waals surface area contributed by atoms with Crippen LogP contribution in [-0.2, 0) is 11.0 Å². The van der Waals surface area contributed by atoms with Gasteiger partial charge in [0.25, 0.3) is 5.91 Å². The lowest BCUT2D eigenvalue weighted by molar-refractivity contribution is 0.100. The number of aliphatic imine (C=N–C) groups is 1. The highest BCUT2D eigenvalue weighted by Gasteiger charge is 2.45. The molecular formula is C30H45N3O4Si. The standard InChI is InChI=1S/C30H45N3O4Si/c1-21(2)38(22(3)4,23(5)6)36-19-24(7)37-28-17-26(30(34)33-29(31)14-15-32-8)16-27(18-28)35-20-25-12-10-9-11-13-25/h9-18,21-24,32H,19-20H2,1-8H3,(H2,31,33,34)/b15-14-/t24-/m0/s1. The molecule has 0 unspecified atom stereocenters. The largest absolute Gasteiger partial charge is 0.489 e. The van der Waals surface area contributed by atoms with Gasteiger partial charge >= 0.3 is 0 Å². The summed E-state index contributed by atoms with van der Waals surface area (Å²) in [4.78, 5) is 16.9. The summed E-state index contributed by atoms with van der Waals surface area (Å²) in [6.45, 7) is 16.4. The maximum absolute atomic E-state index is 12.9. The molecule has 0 aliphatic heterocycles. The summed E-state index contributed by atoms with van der Waals surface area (Å²) in [5.74, 6) is 0.646. The summed E-state index contributed by atoms with van der Waals surface area (Å²) in [5.41, 5.74) is 8.66. The first kappa shape index (κ1) is 31.1. The first-order valence-corrected chi connectivity index (χ1v) is 15.5. The molecule has 0 heterocycles. The number of rotatable bonds is 14. The Hall–Kier alpha value is -3.10. The minimum absolute atomic E-state index is 0.0987. The van der Waals surface area contributed by atoms with Crippen molar-refractivity contribution in [1.29, 1.82) is 0 Å². The third kappa shape index (κ3) is 8.74. The van der Waals surface area contributed by atoms with E-state index in [0.29, 0.717) is 46.9 Å². The van der Waals surface area contributed by atoms with Crippen molar-refractivity contribution in [2.45, 2.75) is 77.8 Å². The molecular weight excluding hydrogens is 494 g/mol. The number of amides is 1. The van der Waals surface area contributed by atoms with E-state index in [1.807, 2.05) is 37.3 Å². The normalized spacial score (nSPS) is 13.4. The molecule has 0 aliphatic rings. The molecule has 1 amide bonds. The Bertz CT molecular complexity index is 1060. The topological polar surface area (TPSA) is 95.2 Å². The van der Waals surface area contributed by atoms with Crippen LogP contribution in [-0.4, -0.2) is 39.8 Å². The van der Waals surface area contributed by atoms with Gasteiger partial charge in [-0.25, -0.2) is 0 Å². The molecule has 7 nitrogen and oxygen atoms in total. The highest BCUT2D eigenvalue weighted by molar-refractivity contribution is 6.77. The Morgan fingerprint density at radius 3 is 2.16 bits per heavy atom. The molecule has 0 spiro atoms. The Balaban J connectivity index is 2.28. The van der Waals surface area contributed by atoms with E-state index in [2.05, 4.69) is 51.9 Å². The number of benzene rings is 2. The molecule has 38 heavy (non-hydrogen) atoms. The first-order valence-electron chi connectivity index (χ1n) is 13.3. The van der Waals surface area contributed by atoms with Crippen molar-refractivity contribution in [3.8, 4) is 11.5 Å². The molecule has 0 aliphatic carbocycles. The lowest BCUT2D eigenvalue weighted by Gasteiger charge is -2.42. The van der Waals surface area contributed by atoms with Crippen molar-refractivity contribution in [2.75, 3.05) is 13.7 Å². The minimum atomic E-state index is -2.03. The molecule has 0 radical (unpaired) electrons. The van der Waals surface area contributed by atoms with Crippen molar-refractivity contribution in [2.24, 2.45) is 10.7 Å². The van der Waals surface area contributed by atoms with Crippen LogP contribution in [0.2, 0.25) is 16.6 Å². The minimum Gasteiger partial charge on any atom is -0.489 e. The van der Waals surface area contributed by atoms with E-state index in [4.69, 9.17) is 19.6 Å². The van der Waals surface area contributed by atoms with Gasteiger partial charge in [0.1, 0.15) is 30.0 Å². The number of nitrogens with one attached hydrogen (secondary N) is 1. The fourth-order valence-corrected chi connectivity index (χ4v) is 10.5. The van der Waals surface area contributed by atoms with E-state index >= 15 is 0 Å². The molecule has 0 aromatic heterocycles. The summed E-state index contributed by atoms with van der Waals surface area (Å²) in [5, 5.41) is 2.83. The Morgan fingerprint density at radius 1 is 0.974 bits per heavy atom. The molecule has 0 saturated carbocycles. The van der Waals surface area contributed by atoms with E-state index < -0.39 is 14.2 Å². The highest BCUT2D eigenvalue weighted by Crippen LogP contribution is 2.42. The average molecular weight is 540 g/mol. The molecule has 1 atom stereocenters. The zero-order chi connectivity index (χ0) is 28.3. The van der Waals surface area contributed by atoms with E-state index in [-0.39, 0.29) is 11.9 Å². The third-order valence-electron chi connectivity index (χ3n) is 6.64. The van der Waals surface area contributed by atoms with Crippen molar-refractivity contribution < 1.29 is 18.7 Å². The number of hydrogen-bond donors (Lipinski definition) is 2. The molecule has 2 aromatic rings. The smallest absolute Gasteiger partial charge is 0.279 e. The molecule has 8 heteroatoms. The summed E-state index contributed by atoms with van der Waals surface area (Å²) in [7, 11) is -0.289. The molecule has 0 fully saturated rings. The van der Waals surface area contributed by atoms with Gasteiger partial charge in [-0.2, -0.15) is 4.99 Å². The summed E-state index contributed by atoms with van der Waals surface area (Å²) in [6, 6.07) is 15.0. The Kier molecular flexibility index (Phi) is 12.1. The van der Waals surface area contributed by atoms with Crippen LogP contribution in [0.5, 0.6) is 11.5 Å². The van der Waals surface area contributed by atoms with Gasteiger partial charge in [0.15, 0.2) is 0 Å². The van der Waals surface area contributed by atoms with Crippen LogP contribution in [0.15, 0.2) is 65.8 Å². The highest BCUT2D eigenvalue weighted by atomic mass is 28.4. The SMILES string of the molecule is CN/C=C\C(N)=NC(=O)c1cc(OCc2ccccc2)cc(O[C@@H](C)CO[Si](C(C)C)(C(C)C)C(C)C)c1. The third-order valence-corrected chi connectivity index (χ3v) is 12.7. The van der Waals surface area contributed by atoms with Crippen LogP contribution in [0.25, 0.3) is 0 Å². The zero-order valence-electron chi connectivity index (χ0n) is 24.2. The fourth-order valence-electron chi connectivity index (χ4n) is 5.00. The van der Waals surface area contributed by atoms with Crippen molar-refractivity contribution in [1.82, 2.24) is 5.32 Å². The van der Waals surface area contributed by atoms with Gasteiger partial charge in [-0.1, -0.05) is 71.9 Å². The van der Waals surface area contributed by atoms with Gasteiger partial charge in [-0.3, -0.25) is 4.79 Å².